The van der Waals surface area contributed by atoms with Crippen molar-refractivity contribution in [1.29, 1.82) is 0 Å². The van der Waals surface area contributed by atoms with Crippen LogP contribution in [-0.2, 0) is 45.6 Å². The Bertz CT molecular complexity index is 1580. The molecule has 6 unspecified atom stereocenters. The van der Waals surface area contributed by atoms with Crippen LogP contribution in [0.15, 0.2) is 4.99 Å². The van der Waals surface area contributed by atoms with Gasteiger partial charge in [0, 0.05) is 101 Å². The fourth-order valence-corrected chi connectivity index (χ4v) is 13.6. The number of alkyl carbamates (subject to hydrolysis) is 3. The highest BCUT2D eigenvalue weighted by molar-refractivity contribution is 6.60. The third-order valence-corrected chi connectivity index (χ3v) is 20.5. The lowest BCUT2D eigenvalue weighted by atomic mass is 9.81. The molecule has 0 bridgehead atoms. The van der Waals surface area contributed by atoms with Crippen molar-refractivity contribution < 1.29 is 69.5 Å². The van der Waals surface area contributed by atoms with Crippen molar-refractivity contribution in [3.8, 4) is 0 Å². The molecule has 3 aliphatic carbocycles. The quantitative estimate of drug-likeness (QED) is 0.0141. The van der Waals surface area contributed by atoms with Crippen LogP contribution in [0.2, 0.25) is 12.1 Å². The maximum Gasteiger partial charge on any atom is 0.500 e. The standard InChI is InChI=1S/C48H90N8O15Si2/c1-8-48(33-69-45(60)54-30-40-17-9-14-37(24-40)27-49-36-57,34-70-46(61)55-31-41-18-10-15-38(25-41)28-52-43(58)50-20-12-22-72(63-2,64-3)65-4)35-71-47(62)56-32-42-19-11-16-39(26-42)29-53-44(59)51-21-13-23-73(66-5,67-6)68-7/h37-42H,8-35H2,1-7H3,(H,54,60)(H,55,61)(H,56,62)(H2,50,52,58)(H2,51,53,59). The fourth-order valence-electron chi connectivity index (χ4n) is 10.1. The summed E-state index contributed by atoms with van der Waals surface area (Å²) >= 11 is 0. The number of aliphatic imine (C=N–C) groups is 1. The van der Waals surface area contributed by atoms with Crippen LogP contribution in [0.1, 0.15) is 103 Å². The second-order valence-corrected chi connectivity index (χ2v) is 26.1. The fraction of sp³-hybridized carbons (Fsp3) is 0.875. The van der Waals surface area contributed by atoms with E-state index in [1.807, 2.05) is 6.92 Å². The smallest absolute Gasteiger partial charge is 0.449 e. The summed E-state index contributed by atoms with van der Waals surface area (Å²) in [6.07, 6.45) is 12.4. The number of isocyanates is 1. The van der Waals surface area contributed by atoms with Crippen LogP contribution in [0.5, 0.6) is 0 Å². The van der Waals surface area contributed by atoms with Gasteiger partial charge in [-0.05, 0) is 113 Å². The number of carbonyl (C=O) groups excluding carboxylic acids is 6. The predicted molar refractivity (Wildman–Crippen MR) is 275 cm³/mol. The van der Waals surface area contributed by atoms with E-state index >= 15 is 0 Å². The third-order valence-electron chi connectivity index (χ3n) is 14.8. The summed E-state index contributed by atoms with van der Waals surface area (Å²) in [7, 11) is 3.96. The van der Waals surface area contributed by atoms with Crippen molar-refractivity contribution in [2.24, 2.45) is 45.9 Å². The zero-order valence-corrected chi connectivity index (χ0v) is 46.8. The van der Waals surface area contributed by atoms with Gasteiger partial charge in [0.2, 0.25) is 6.08 Å². The van der Waals surface area contributed by atoms with Gasteiger partial charge in [-0.15, -0.1) is 0 Å². The van der Waals surface area contributed by atoms with Gasteiger partial charge in [-0.25, -0.2) is 33.8 Å². The Morgan fingerprint density at radius 3 is 1.12 bits per heavy atom. The first-order valence-electron chi connectivity index (χ1n) is 26.3. The molecule has 3 rings (SSSR count). The van der Waals surface area contributed by atoms with E-state index in [1.165, 1.54) is 0 Å². The second-order valence-electron chi connectivity index (χ2n) is 19.9. The Hall–Kier alpha value is -4.08. The summed E-state index contributed by atoms with van der Waals surface area (Å²) in [6.45, 7) is 4.84. The lowest BCUT2D eigenvalue weighted by Crippen LogP contribution is -2.44. The molecule has 7 amide bonds. The molecule has 0 heterocycles. The molecule has 25 heteroatoms. The largest absolute Gasteiger partial charge is 0.500 e. The average molecular weight is 1080 g/mol. The van der Waals surface area contributed by atoms with Crippen molar-refractivity contribution in [1.82, 2.24) is 37.2 Å². The Balaban J connectivity index is 1.48. The molecule has 0 saturated heterocycles. The van der Waals surface area contributed by atoms with Gasteiger partial charge in [-0.2, -0.15) is 0 Å². The molecule has 0 radical (unpaired) electrons. The molecule has 73 heavy (non-hydrogen) atoms. The molecule has 3 aliphatic rings. The molecule has 420 valence electrons. The summed E-state index contributed by atoms with van der Waals surface area (Å²) in [5.74, 6) is 1.35. The maximum atomic E-state index is 13.2. The van der Waals surface area contributed by atoms with Gasteiger partial charge < -0.3 is 78.0 Å². The molecular formula is C48H90N8O15Si2. The number of rotatable bonds is 33. The zero-order chi connectivity index (χ0) is 53.4. The zero-order valence-electron chi connectivity index (χ0n) is 44.8. The second kappa shape index (κ2) is 35.2. The van der Waals surface area contributed by atoms with E-state index in [2.05, 4.69) is 42.2 Å². The number of ether oxygens (including phenoxy) is 3. The summed E-state index contributed by atoms with van der Waals surface area (Å²) in [4.78, 5) is 79.0. The van der Waals surface area contributed by atoms with Crippen LogP contribution in [0.25, 0.3) is 0 Å². The van der Waals surface area contributed by atoms with Gasteiger partial charge >= 0.3 is 48.0 Å². The number of nitrogens with zero attached hydrogens (tertiary/aromatic N) is 1. The number of amides is 7. The molecule has 0 aromatic rings. The van der Waals surface area contributed by atoms with Crippen molar-refractivity contribution in [3.05, 3.63) is 0 Å². The first-order chi connectivity index (χ1) is 35.2. The average Bonchev–Trinajstić information content (AvgIpc) is 3.42. The van der Waals surface area contributed by atoms with Crippen molar-refractivity contribution >= 4 is 54.0 Å². The molecule has 3 fully saturated rings. The summed E-state index contributed by atoms with van der Waals surface area (Å²) < 4.78 is 49.9. The van der Waals surface area contributed by atoms with Gasteiger partial charge in [-0.1, -0.05) is 26.2 Å². The first-order valence-corrected chi connectivity index (χ1v) is 30.2. The van der Waals surface area contributed by atoms with E-state index in [4.69, 9.17) is 40.8 Å². The van der Waals surface area contributed by atoms with E-state index in [-0.39, 0.29) is 67.4 Å². The van der Waals surface area contributed by atoms with E-state index in [0.29, 0.717) is 83.7 Å². The van der Waals surface area contributed by atoms with Crippen LogP contribution < -0.4 is 37.2 Å². The van der Waals surface area contributed by atoms with Crippen LogP contribution >= 0.6 is 0 Å². The Morgan fingerprint density at radius 2 is 0.808 bits per heavy atom. The van der Waals surface area contributed by atoms with Crippen LogP contribution in [-0.4, -0.2) is 169 Å². The van der Waals surface area contributed by atoms with E-state index in [0.717, 1.165) is 77.0 Å². The highest BCUT2D eigenvalue weighted by Crippen LogP contribution is 2.31. The van der Waals surface area contributed by atoms with Gasteiger partial charge in [0.15, 0.2) is 0 Å². The minimum atomic E-state index is -2.70. The predicted octanol–water partition coefficient (Wildman–Crippen LogP) is 5.45. The molecule has 23 nitrogen and oxygen atoms in total. The lowest BCUT2D eigenvalue weighted by molar-refractivity contribution is -0.0181. The van der Waals surface area contributed by atoms with E-state index in [9.17, 15) is 28.8 Å². The molecule has 0 spiro atoms. The Kier molecular flexibility index (Phi) is 30.5. The third kappa shape index (κ3) is 24.4. The Labute approximate surface area is 435 Å². The molecule has 0 aromatic heterocycles. The number of hydrogen-bond acceptors (Lipinski definition) is 16. The normalized spacial score (nSPS) is 22.0. The van der Waals surface area contributed by atoms with Gasteiger partial charge in [-0.3, -0.25) is 0 Å². The molecule has 7 N–H and O–H groups in total. The lowest BCUT2D eigenvalue weighted by Gasteiger charge is -2.32. The molecule has 0 aromatic carbocycles. The van der Waals surface area contributed by atoms with Gasteiger partial charge in [0.05, 0.1) is 12.0 Å². The van der Waals surface area contributed by atoms with E-state index in [1.54, 1.807) is 48.7 Å². The molecule has 0 aliphatic heterocycles. The summed E-state index contributed by atoms with van der Waals surface area (Å²) in [5, 5.41) is 20.4. The van der Waals surface area contributed by atoms with Crippen LogP contribution in [0, 0.1) is 40.9 Å². The van der Waals surface area contributed by atoms with Crippen molar-refractivity contribution in [2.45, 2.75) is 115 Å². The topological polar surface area (TPSA) is 282 Å². The number of urea groups is 2. The van der Waals surface area contributed by atoms with Crippen LogP contribution in [0.3, 0.4) is 0 Å². The highest BCUT2D eigenvalue weighted by Gasteiger charge is 2.39. The number of nitrogens with one attached hydrogen (secondary N) is 7. The van der Waals surface area contributed by atoms with Gasteiger partial charge in [0.1, 0.15) is 19.8 Å². The van der Waals surface area contributed by atoms with Crippen molar-refractivity contribution in [3.63, 3.8) is 0 Å². The first kappa shape index (κ1) is 63.2. The minimum absolute atomic E-state index is 0.182. The summed E-state index contributed by atoms with van der Waals surface area (Å²) in [5.41, 5.74) is -1.05. The van der Waals surface area contributed by atoms with Crippen molar-refractivity contribution in [2.75, 3.05) is 115 Å². The SMILES string of the molecule is CCC(COC(=O)NCC1CCCC(CN=C=O)C1)(COC(=O)NCC1CCCC(CNC(=O)NCCC[Si](OC)(OC)OC)C1)COC(=O)NCC1CCCC(CNC(=O)NCCC[Si](OC)(OC)OC)C1. The maximum absolute atomic E-state index is 13.2. The molecule has 6 atom stereocenters. The highest BCUT2D eigenvalue weighted by atomic mass is 28.4. The van der Waals surface area contributed by atoms with Crippen LogP contribution in [0.4, 0.5) is 24.0 Å². The minimum Gasteiger partial charge on any atom is -0.449 e. The summed E-state index contributed by atoms with van der Waals surface area (Å²) in [6, 6.07) is 0.668. The molecule has 3 saturated carbocycles. The number of carbonyl (C=O) groups is 5. The monoisotopic (exact) mass is 1070 g/mol. The molecular weight excluding hydrogens is 985 g/mol. The van der Waals surface area contributed by atoms with Gasteiger partial charge in [0.25, 0.3) is 0 Å². The Morgan fingerprint density at radius 1 is 0.493 bits per heavy atom. The number of hydrogen-bond donors (Lipinski definition) is 7. The van der Waals surface area contributed by atoms with E-state index < -0.39 is 41.3 Å².